The van der Waals surface area contributed by atoms with Crippen LogP contribution in [0.15, 0.2) is 0 Å². The number of carboxylic acid groups (broad SMARTS) is 1. The van der Waals surface area contributed by atoms with Crippen LogP contribution in [-0.2, 0) is 19.2 Å². The molecule has 11 heteroatoms. The van der Waals surface area contributed by atoms with Gasteiger partial charge in [-0.3, -0.25) is 14.4 Å². The highest BCUT2D eigenvalue weighted by atomic mass is 16.4. The minimum absolute atomic E-state index is 0.590. The van der Waals surface area contributed by atoms with Crippen molar-refractivity contribution in [2.45, 2.75) is 25.0 Å². The third-order valence-corrected chi connectivity index (χ3v) is 2.47. The Bertz CT molecular complexity index is 427. The SMILES string of the molecule is C[C@H](N)C(=O)N[C@@H](CO)C(=O)NCC(=O)N[C@@H](CO)C(=O)O. The quantitative estimate of drug-likeness (QED) is 0.221. The molecule has 0 radical (unpaired) electrons. The summed E-state index contributed by atoms with van der Waals surface area (Å²) in [7, 11) is 0. The molecule has 8 N–H and O–H groups in total. The van der Waals surface area contributed by atoms with Gasteiger partial charge in [0.2, 0.25) is 17.7 Å². The molecule has 0 fully saturated rings. The molecule has 0 spiro atoms. The highest BCUT2D eigenvalue weighted by Gasteiger charge is 2.23. The van der Waals surface area contributed by atoms with Gasteiger partial charge in [0.15, 0.2) is 0 Å². The maximum absolute atomic E-state index is 11.7. The first-order chi connectivity index (χ1) is 10.2. The maximum atomic E-state index is 11.7. The molecule has 0 saturated heterocycles. The second kappa shape index (κ2) is 9.65. The Morgan fingerprint density at radius 2 is 1.55 bits per heavy atom. The Kier molecular flexibility index (Phi) is 8.67. The van der Waals surface area contributed by atoms with Crippen molar-refractivity contribution in [1.29, 1.82) is 0 Å². The van der Waals surface area contributed by atoms with E-state index in [0.717, 1.165) is 0 Å². The molecule has 126 valence electrons. The van der Waals surface area contributed by atoms with Gasteiger partial charge >= 0.3 is 5.97 Å². The number of hydrogen-bond acceptors (Lipinski definition) is 7. The Labute approximate surface area is 125 Å². The van der Waals surface area contributed by atoms with E-state index in [0.29, 0.717) is 0 Å². The van der Waals surface area contributed by atoms with Crippen molar-refractivity contribution < 1.29 is 34.5 Å². The zero-order valence-corrected chi connectivity index (χ0v) is 11.9. The normalized spacial score (nSPS) is 14.4. The van der Waals surface area contributed by atoms with Gasteiger partial charge in [0, 0.05) is 0 Å². The fourth-order valence-corrected chi connectivity index (χ4v) is 1.22. The number of carbonyl (C=O) groups excluding carboxylic acids is 3. The van der Waals surface area contributed by atoms with Crippen LogP contribution in [0, 0.1) is 0 Å². The van der Waals surface area contributed by atoms with Gasteiger partial charge in [-0.2, -0.15) is 0 Å². The molecule has 0 unspecified atom stereocenters. The first-order valence-electron chi connectivity index (χ1n) is 6.30. The number of aliphatic hydroxyl groups is 2. The van der Waals surface area contributed by atoms with Crippen molar-refractivity contribution in [3.63, 3.8) is 0 Å². The van der Waals surface area contributed by atoms with E-state index >= 15 is 0 Å². The van der Waals surface area contributed by atoms with Gasteiger partial charge in [0.05, 0.1) is 25.8 Å². The van der Waals surface area contributed by atoms with E-state index in [4.69, 9.17) is 21.1 Å². The zero-order chi connectivity index (χ0) is 17.3. The number of hydrogen-bond donors (Lipinski definition) is 7. The van der Waals surface area contributed by atoms with E-state index in [1.165, 1.54) is 6.92 Å². The minimum atomic E-state index is -1.49. The van der Waals surface area contributed by atoms with Crippen molar-refractivity contribution in [3.05, 3.63) is 0 Å². The molecule has 0 aliphatic rings. The number of amides is 3. The summed E-state index contributed by atoms with van der Waals surface area (Å²) in [6.45, 7) is -0.720. The number of aliphatic carboxylic acids is 1. The van der Waals surface area contributed by atoms with E-state index in [9.17, 15) is 19.2 Å². The summed E-state index contributed by atoms with van der Waals surface area (Å²) in [5.41, 5.74) is 5.29. The molecule has 0 aromatic heterocycles. The van der Waals surface area contributed by atoms with Crippen LogP contribution >= 0.6 is 0 Å². The number of nitrogens with two attached hydrogens (primary N) is 1. The number of carboxylic acids is 1. The van der Waals surface area contributed by atoms with Crippen molar-refractivity contribution in [1.82, 2.24) is 16.0 Å². The van der Waals surface area contributed by atoms with Crippen molar-refractivity contribution in [2.24, 2.45) is 5.73 Å². The second-order valence-electron chi connectivity index (χ2n) is 4.39. The molecule has 0 saturated carbocycles. The summed E-state index contributed by atoms with van der Waals surface area (Å²) in [6.07, 6.45) is 0. The summed E-state index contributed by atoms with van der Waals surface area (Å²) in [4.78, 5) is 44.9. The number of nitrogens with one attached hydrogen (secondary N) is 3. The first kappa shape index (κ1) is 19.8. The number of aliphatic hydroxyl groups excluding tert-OH is 2. The van der Waals surface area contributed by atoms with Gasteiger partial charge < -0.3 is 37.0 Å². The summed E-state index contributed by atoms with van der Waals surface area (Å²) >= 11 is 0. The standard InChI is InChI=1S/C11H20N4O7/c1-5(12)9(19)15-6(3-16)10(20)13-2-8(18)14-7(4-17)11(21)22/h5-7,16-17H,2-4,12H2,1H3,(H,13,20)(H,14,18)(H,15,19)(H,21,22)/t5-,6-,7-/m0/s1. The minimum Gasteiger partial charge on any atom is -0.480 e. The smallest absolute Gasteiger partial charge is 0.328 e. The van der Waals surface area contributed by atoms with Crippen LogP contribution < -0.4 is 21.7 Å². The molecule has 0 rings (SSSR count). The van der Waals surface area contributed by atoms with E-state index < -0.39 is 61.6 Å². The van der Waals surface area contributed by atoms with Gasteiger partial charge in [-0.05, 0) is 6.92 Å². The van der Waals surface area contributed by atoms with Crippen LogP contribution in [0.3, 0.4) is 0 Å². The molecule has 22 heavy (non-hydrogen) atoms. The Hall–Kier alpha value is -2.24. The predicted molar refractivity (Wildman–Crippen MR) is 72.3 cm³/mol. The fourth-order valence-electron chi connectivity index (χ4n) is 1.22. The Balaban J connectivity index is 4.37. The van der Waals surface area contributed by atoms with Crippen LogP contribution in [0.2, 0.25) is 0 Å². The average molecular weight is 320 g/mol. The monoisotopic (exact) mass is 320 g/mol. The third-order valence-electron chi connectivity index (χ3n) is 2.47. The lowest BCUT2D eigenvalue weighted by Gasteiger charge is -2.17. The van der Waals surface area contributed by atoms with Gasteiger partial charge in [0.1, 0.15) is 12.1 Å². The molecule has 0 aliphatic carbocycles. The number of rotatable bonds is 9. The maximum Gasteiger partial charge on any atom is 0.328 e. The highest BCUT2D eigenvalue weighted by molar-refractivity contribution is 5.92. The van der Waals surface area contributed by atoms with Crippen molar-refractivity contribution in [3.8, 4) is 0 Å². The summed E-state index contributed by atoms with van der Waals surface area (Å²) in [5, 5.41) is 32.6. The number of carbonyl (C=O) groups is 4. The fraction of sp³-hybridized carbons (Fsp3) is 0.636. The van der Waals surface area contributed by atoms with Crippen LogP contribution in [0.25, 0.3) is 0 Å². The average Bonchev–Trinajstić information content (AvgIpc) is 2.46. The van der Waals surface area contributed by atoms with Gasteiger partial charge in [-0.25, -0.2) is 4.79 Å². The largest absolute Gasteiger partial charge is 0.480 e. The van der Waals surface area contributed by atoms with Gasteiger partial charge in [-0.1, -0.05) is 0 Å². The molecular formula is C11H20N4O7. The Morgan fingerprint density at radius 3 is 1.95 bits per heavy atom. The Morgan fingerprint density at radius 1 is 1.00 bits per heavy atom. The molecule has 3 amide bonds. The lowest BCUT2D eigenvalue weighted by Crippen LogP contribution is -2.54. The summed E-state index contributed by atoms with van der Waals surface area (Å²) < 4.78 is 0. The van der Waals surface area contributed by atoms with Crippen molar-refractivity contribution >= 4 is 23.7 Å². The molecular weight excluding hydrogens is 300 g/mol. The van der Waals surface area contributed by atoms with Crippen LogP contribution in [0.4, 0.5) is 0 Å². The molecule has 0 aromatic rings. The summed E-state index contributed by atoms with van der Waals surface area (Å²) in [6, 6.07) is -3.67. The van der Waals surface area contributed by atoms with E-state index in [1.807, 2.05) is 5.32 Å². The van der Waals surface area contributed by atoms with Crippen LogP contribution in [-0.4, -0.2) is 76.9 Å². The second-order valence-corrected chi connectivity index (χ2v) is 4.39. The molecule has 0 bridgehead atoms. The predicted octanol–water partition coefficient (Wildman–Crippen LogP) is -4.51. The van der Waals surface area contributed by atoms with Crippen molar-refractivity contribution in [2.75, 3.05) is 19.8 Å². The van der Waals surface area contributed by atoms with Crippen LogP contribution in [0.1, 0.15) is 6.92 Å². The van der Waals surface area contributed by atoms with E-state index in [-0.39, 0.29) is 0 Å². The lowest BCUT2D eigenvalue weighted by atomic mass is 10.2. The molecule has 0 aliphatic heterocycles. The van der Waals surface area contributed by atoms with Gasteiger partial charge in [0.25, 0.3) is 0 Å². The lowest BCUT2D eigenvalue weighted by molar-refractivity contribution is -0.142. The summed E-state index contributed by atoms with van der Waals surface area (Å²) in [5.74, 6) is -3.79. The molecule has 11 nitrogen and oxygen atoms in total. The molecule has 0 aromatic carbocycles. The third kappa shape index (κ3) is 6.97. The topological polar surface area (TPSA) is 191 Å². The van der Waals surface area contributed by atoms with Crippen LogP contribution in [0.5, 0.6) is 0 Å². The first-order valence-corrected chi connectivity index (χ1v) is 6.30. The van der Waals surface area contributed by atoms with Gasteiger partial charge in [-0.15, -0.1) is 0 Å². The zero-order valence-electron chi connectivity index (χ0n) is 11.9. The molecule has 3 atom stereocenters. The van der Waals surface area contributed by atoms with E-state index in [1.54, 1.807) is 0 Å². The highest BCUT2D eigenvalue weighted by Crippen LogP contribution is 1.87. The van der Waals surface area contributed by atoms with E-state index in [2.05, 4.69) is 10.6 Å². The molecule has 0 heterocycles.